The lowest BCUT2D eigenvalue weighted by Gasteiger charge is -2.34. The third-order valence-electron chi connectivity index (χ3n) is 5.02. The predicted molar refractivity (Wildman–Crippen MR) is 109 cm³/mol. The second-order valence-corrected chi connectivity index (χ2v) is 10.9. The zero-order valence-corrected chi connectivity index (χ0v) is 18.4. The first kappa shape index (κ1) is 23.1. The van der Waals surface area contributed by atoms with E-state index in [9.17, 15) is 26.4 Å². The maximum Gasteiger partial charge on any atom is 0.416 e. The van der Waals surface area contributed by atoms with Crippen molar-refractivity contribution in [1.29, 1.82) is 0 Å². The number of piperazine rings is 1. The lowest BCUT2D eigenvalue weighted by Crippen LogP contribution is -2.50. The van der Waals surface area contributed by atoms with E-state index in [1.165, 1.54) is 28.6 Å². The van der Waals surface area contributed by atoms with Crippen LogP contribution in [0.2, 0.25) is 4.34 Å². The van der Waals surface area contributed by atoms with Gasteiger partial charge in [0, 0.05) is 32.6 Å². The van der Waals surface area contributed by atoms with Crippen molar-refractivity contribution in [3.63, 3.8) is 0 Å². The number of rotatable bonds is 5. The SMILES string of the molecule is CC(CC(=O)N1CCN(S(=O)(=O)c2ccc(Cl)s2)CC1)c1ccc(C(F)(F)F)cc1. The molecule has 0 saturated carbocycles. The number of benzene rings is 1. The number of hydrogen-bond acceptors (Lipinski definition) is 4. The normalized spacial score (nSPS) is 17.2. The molecule has 2 heterocycles. The summed E-state index contributed by atoms with van der Waals surface area (Å²) in [5.41, 5.74) is -0.0822. The van der Waals surface area contributed by atoms with Crippen LogP contribution in [0.15, 0.2) is 40.6 Å². The molecule has 1 aliphatic rings. The molecule has 0 bridgehead atoms. The van der Waals surface area contributed by atoms with Gasteiger partial charge in [0.15, 0.2) is 0 Å². The molecule has 0 N–H and O–H groups in total. The van der Waals surface area contributed by atoms with E-state index in [1.54, 1.807) is 11.8 Å². The summed E-state index contributed by atoms with van der Waals surface area (Å²) in [4.78, 5) is 14.2. The van der Waals surface area contributed by atoms with Gasteiger partial charge in [-0.15, -0.1) is 11.3 Å². The molecule has 1 unspecified atom stereocenters. The lowest BCUT2D eigenvalue weighted by molar-refractivity contribution is -0.137. The Balaban J connectivity index is 1.56. The molecule has 1 aromatic heterocycles. The van der Waals surface area contributed by atoms with Crippen molar-refractivity contribution < 1.29 is 26.4 Å². The van der Waals surface area contributed by atoms with Crippen molar-refractivity contribution in [3.05, 3.63) is 51.9 Å². The van der Waals surface area contributed by atoms with E-state index in [4.69, 9.17) is 11.6 Å². The van der Waals surface area contributed by atoms with Crippen molar-refractivity contribution in [1.82, 2.24) is 9.21 Å². The van der Waals surface area contributed by atoms with Crippen LogP contribution < -0.4 is 0 Å². The molecule has 5 nitrogen and oxygen atoms in total. The summed E-state index contributed by atoms with van der Waals surface area (Å²) >= 11 is 6.82. The molecule has 1 aromatic carbocycles. The number of carbonyl (C=O) groups is 1. The molecule has 30 heavy (non-hydrogen) atoms. The van der Waals surface area contributed by atoms with Crippen LogP contribution in [-0.4, -0.2) is 49.7 Å². The Labute approximate surface area is 182 Å². The maximum atomic E-state index is 12.7. The lowest BCUT2D eigenvalue weighted by atomic mass is 9.96. The van der Waals surface area contributed by atoms with Gasteiger partial charge in [-0.1, -0.05) is 30.7 Å². The molecule has 0 radical (unpaired) electrons. The van der Waals surface area contributed by atoms with Gasteiger partial charge in [-0.2, -0.15) is 17.5 Å². The molecule has 2 aromatic rings. The summed E-state index contributed by atoms with van der Waals surface area (Å²) in [6, 6.07) is 7.79. The standard InChI is InChI=1S/C19H20ClF3N2O3S2/c1-13(14-2-4-15(5-3-14)19(21,22)23)12-17(26)24-8-10-25(11-9-24)30(27,28)18-7-6-16(20)29-18/h2-7,13H,8-12H2,1H3. The Morgan fingerprint density at radius 3 is 2.20 bits per heavy atom. The molecule has 11 heteroatoms. The first-order valence-electron chi connectivity index (χ1n) is 9.19. The summed E-state index contributed by atoms with van der Waals surface area (Å²) in [7, 11) is -3.64. The number of sulfonamides is 1. The third kappa shape index (κ3) is 5.16. The fourth-order valence-corrected chi connectivity index (χ4v) is 6.31. The smallest absolute Gasteiger partial charge is 0.340 e. The van der Waals surface area contributed by atoms with Crippen LogP contribution in [0, 0.1) is 0 Å². The van der Waals surface area contributed by atoms with Crippen LogP contribution in [0.25, 0.3) is 0 Å². The first-order valence-corrected chi connectivity index (χ1v) is 11.8. The van der Waals surface area contributed by atoms with E-state index in [0.717, 1.165) is 23.5 Å². The van der Waals surface area contributed by atoms with E-state index < -0.39 is 21.8 Å². The Hall–Kier alpha value is -1.62. The van der Waals surface area contributed by atoms with E-state index in [1.807, 2.05) is 0 Å². The minimum absolute atomic E-state index is 0.138. The summed E-state index contributed by atoms with van der Waals surface area (Å²) < 4.78 is 65.2. The van der Waals surface area contributed by atoms with E-state index in [2.05, 4.69) is 0 Å². The van der Waals surface area contributed by atoms with Crippen LogP contribution in [0.3, 0.4) is 0 Å². The molecule has 0 aliphatic carbocycles. The third-order valence-corrected chi connectivity index (χ3v) is 8.62. The van der Waals surface area contributed by atoms with Crippen molar-refractivity contribution >= 4 is 38.9 Å². The molecule has 0 spiro atoms. The Bertz CT molecular complexity index is 999. The molecular formula is C19H20ClF3N2O3S2. The van der Waals surface area contributed by atoms with Crippen LogP contribution in [0.5, 0.6) is 0 Å². The van der Waals surface area contributed by atoms with E-state index in [0.29, 0.717) is 9.90 Å². The molecule has 1 saturated heterocycles. The van der Waals surface area contributed by atoms with Gasteiger partial charge in [0.2, 0.25) is 5.91 Å². The second-order valence-electron chi connectivity index (χ2n) is 7.07. The minimum atomic E-state index is -4.40. The highest BCUT2D eigenvalue weighted by molar-refractivity contribution is 7.91. The van der Waals surface area contributed by atoms with Crippen LogP contribution >= 0.6 is 22.9 Å². The Morgan fingerprint density at radius 2 is 1.70 bits per heavy atom. The van der Waals surface area contributed by atoms with Crippen molar-refractivity contribution in [2.24, 2.45) is 0 Å². The zero-order chi connectivity index (χ0) is 22.1. The molecular weight excluding hydrogens is 461 g/mol. The first-order chi connectivity index (χ1) is 14.0. The molecule has 1 aliphatic heterocycles. The molecule has 3 rings (SSSR count). The summed E-state index contributed by atoms with van der Waals surface area (Å²) in [6.45, 7) is 2.66. The Kier molecular flexibility index (Phi) is 6.81. The number of amides is 1. The van der Waals surface area contributed by atoms with Crippen LogP contribution in [0.4, 0.5) is 13.2 Å². The molecule has 1 fully saturated rings. The average molecular weight is 481 g/mol. The second kappa shape index (κ2) is 8.86. The Morgan fingerprint density at radius 1 is 1.10 bits per heavy atom. The highest BCUT2D eigenvalue weighted by atomic mass is 35.5. The van der Waals surface area contributed by atoms with E-state index in [-0.39, 0.29) is 48.6 Å². The van der Waals surface area contributed by atoms with E-state index >= 15 is 0 Å². The van der Waals surface area contributed by atoms with Gasteiger partial charge in [-0.25, -0.2) is 8.42 Å². The largest absolute Gasteiger partial charge is 0.416 e. The molecule has 1 atom stereocenters. The van der Waals surface area contributed by atoms with Gasteiger partial charge in [0.1, 0.15) is 4.21 Å². The number of alkyl halides is 3. The highest BCUT2D eigenvalue weighted by Gasteiger charge is 2.32. The maximum absolute atomic E-state index is 12.7. The van der Waals surface area contributed by atoms with Gasteiger partial charge < -0.3 is 4.90 Å². The summed E-state index contributed by atoms with van der Waals surface area (Å²) in [6.07, 6.45) is -4.26. The summed E-state index contributed by atoms with van der Waals surface area (Å²) in [5, 5.41) is 0. The zero-order valence-electron chi connectivity index (χ0n) is 16.0. The monoisotopic (exact) mass is 480 g/mol. The van der Waals surface area contributed by atoms with Crippen molar-refractivity contribution in [3.8, 4) is 0 Å². The van der Waals surface area contributed by atoms with Gasteiger partial charge in [0.25, 0.3) is 10.0 Å². The fraction of sp³-hybridized carbons (Fsp3) is 0.421. The van der Waals surface area contributed by atoms with Gasteiger partial charge in [-0.05, 0) is 35.7 Å². The van der Waals surface area contributed by atoms with Gasteiger partial charge in [-0.3, -0.25) is 4.79 Å². The quantitative estimate of drug-likeness (QED) is 0.635. The predicted octanol–water partition coefficient (Wildman–Crippen LogP) is 4.45. The minimum Gasteiger partial charge on any atom is -0.340 e. The number of hydrogen-bond donors (Lipinski definition) is 0. The van der Waals surface area contributed by atoms with Gasteiger partial charge in [0.05, 0.1) is 9.90 Å². The average Bonchev–Trinajstić information content (AvgIpc) is 3.14. The topological polar surface area (TPSA) is 57.7 Å². The van der Waals surface area contributed by atoms with Gasteiger partial charge >= 0.3 is 6.18 Å². The number of carbonyl (C=O) groups excluding carboxylic acids is 1. The number of nitrogens with zero attached hydrogens (tertiary/aromatic N) is 2. The van der Waals surface area contributed by atoms with Crippen molar-refractivity contribution in [2.75, 3.05) is 26.2 Å². The molecule has 164 valence electrons. The number of halogens is 4. The molecule has 1 amide bonds. The van der Waals surface area contributed by atoms with Crippen LogP contribution in [0.1, 0.15) is 30.4 Å². The van der Waals surface area contributed by atoms with Crippen LogP contribution in [-0.2, 0) is 21.0 Å². The summed E-state index contributed by atoms with van der Waals surface area (Å²) in [5.74, 6) is -0.409. The highest BCUT2D eigenvalue weighted by Crippen LogP contribution is 2.31. The fourth-order valence-electron chi connectivity index (χ4n) is 3.25. The number of thiophene rings is 1. The van der Waals surface area contributed by atoms with Crippen molar-refractivity contribution in [2.45, 2.75) is 29.6 Å².